The largest absolute Gasteiger partial charge is 0.354 e. The van der Waals surface area contributed by atoms with Gasteiger partial charge in [0.2, 0.25) is 0 Å². The Morgan fingerprint density at radius 3 is 2.19 bits per heavy atom. The molecule has 0 unspecified atom stereocenters. The number of carbonyl (C=O) groups is 2. The molecule has 6 heteroatoms. The zero-order valence-corrected chi connectivity index (χ0v) is 14.7. The van der Waals surface area contributed by atoms with Crippen LogP contribution in [0.15, 0.2) is 66.9 Å². The predicted molar refractivity (Wildman–Crippen MR) is 102 cm³/mol. The van der Waals surface area contributed by atoms with Gasteiger partial charge in [0.05, 0.1) is 11.9 Å². The molecule has 0 aliphatic heterocycles. The number of benzene rings is 2. The molecule has 136 valence electrons. The molecule has 3 aromatic rings. The standard InChI is InChI=1S/C21H18FN3O2/c1-14(26)16-4-8-18(9-5-16)25-19-10-11-20(23-13-19)21(27)24-12-15-2-6-17(22)7-3-15/h2-11,13,25H,12H2,1H3,(H,24,27). The Morgan fingerprint density at radius 2 is 1.59 bits per heavy atom. The summed E-state index contributed by atoms with van der Waals surface area (Å²) in [7, 11) is 0. The molecular weight excluding hydrogens is 345 g/mol. The van der Waals surface area contributed by atoms with Crippen molar-refractivity contribution in [1.29, 1.82) is 0 Å². The first-order valence-electron chi connectivity index (χ1n) is 8.38. The van der Waals surface area contributed by atoms with Crippen molar-refractivity contribution in [2.75, 3.05) is 5.32 Å². The summed E-state index contributed by atoms with van der Waals surface area (Å²) in [6.45, 7) is 1.81. The van der Waals surface area contributed by atoms with Gasteiger partial charge in [0.1, 0.15) is 11.5 Å². The summed E-state index contributed by atoms with van der Waals surface area (Å²) in [5.74, 6) is -0.610. The molecule has 2 N–H and O–H groups in total. The Labute approximate surface area is 156 Å². The lowest BCUT2D eigenvalue weighted by molar-refractivity contribution is 0.0945. The Balaban J connectivity index is 1.58. The van der Waals surface area contributed by atoms with Crippen LogP contribution in [0.2, 0.25) is 0 Å². The van der Waals surface area contributed by atoms with E-state index in [9.17, 15) is 14.0 Å². The molecule has 1 aromatic heterocycles. The normalized spacial score (nSPS) is 10.3. The monoisotopic (exact) mass is 363 g/mol. The Kier molecular flexibility index (Phi) is 5.56. The number of nitrogens with one attached hydrogen (secondary N) is 2. The van der Waals surface area contributed by atoms with Gasteiger partial charge in [-0.1, -0.05) is 12.1 Å². The molecule has 0 atom stereocenters. The van der Waals surface area contributed by atoms with E-state index in [0.717, 1.165) is 16.9 Å². The highest BCUT2D eigenvalue weighted by molar-refractivity contribution is 5.94. The van der Waals surface area contributed by atoms with Gasteiger partial charge in [-0.15, -0.1) is 0 Å². The van der Waals surface area contributed by atoms with Crippen LogP contribution in [0.25, 0.3) is 0 Å². The van der Waals surface area contributed by atoms with E-state index in [2.05, 4.69) is 15.6 Å². The summed E-state index contributed by atoms with van der Waals surface area (Å²) in [4.78, 5) is 27.6. The van der Waals surface area contributed by atoms with Crippen LogP contribution in [0.3, 0.4) is 0 Å². The average molecular weight is 363 g/mol. The first-order chi connectivity index (χ1) is 13.0. The maximum atomic E-state index is 12.9. The van der Waals surface area contributed by atoms with Gasteiger partial charge in [-0.05, 0) is 61.0 Å². The summed E-state index contributed by atoms with van der Waals surface area (Å²) in [6, 6.07) is 16.4. The number of nitrogens with zero attached hydrogens (tertiary/aromatic N) is 1. The van der Waals surface area contributed by atoms with Crippen molar-refractivity contribution in [3.05, 3.63) is 89.5 Å². The number of amides is 1. The zero-order valence-electron chi connectivity index (χ0n) is 14.7. The van der Waals surface area contributed by atoms with Crippen LogP contribution in [0.1, 0.15) is 33.3 Å². The van der Waals surface area contributed by atoms with Gasteiger partial charge < -0.3 is 10.6 Å². The van der Waals surface area contributed by atoms with E-state index in [1.54, 1.807) is 54.7 Å². The van der Waals surface area contributed by atoms with Crippen LogP contribution >= 0.6 is 0 Å². The van der Waals surface area contributed by atoms with Gasteiger partial charge in [-0.3, -0.25) is 9.59 Å². The molecule has 2 aromatic carbocycles. The third-order valence-corrected chi connectivity index (χ3v) is 3.94. The number of aromatic nitrogens is 1. The number of anilines is 2. The zero-order chi connectivity index (χ0) is 19.2. The lowest BCUT2D eigenvalue weighted by Gasteiger charge is -2.08. The molecule has 0 saturated heterocycles. The van der Waals surface area contributed by atoms with Crippen molar-refractivity contribution >= 4 is 23.1 Å². The van der Waals surface area contributed by atoms with Crippen LogP contribution in [-0.4, -0.2) is 16.7 Å². The maximum Gasteiger partial charge on any atom is 0.270 e. The van der Waals surface area contributed by atoms with E-state index >= 15 is 0 Å². The van der Waals surface area contributed by atoms with Crippen molar-refractivity contribution in [2.45, 2.75) is 13.5 Å². The number of rotatable bonds is 6. The van der Waals surface area contributed by atoms with Crippen molar-refractivity contribution < 1.29 is 14.0 Å². The van der Waals surface area contributed by atoms with Crippen molar-refractivity contribution in [3.63, 3.8) is 0 Å². The van der Waals surface area contributed by atoms with Crippen LogP contribution in [-0.2, 0) is 6.54 Å². The van der Waals surface area contributed by atoms with Gasteiger partial charge in [0, 0.05) is 17.8 Å². The third-order valence-electron chi connectivity index (χ3n) is 3.94. The van der Waals surface area contributed by atoms with Crippen LogP contribution < -0.4 is 10.6 Å². The number of hydrogen-bond acceptors (Lipinski definition) is 4. The van der Waals surface area contributed by atoms with E-state index in [0.29, 0.717) is 12.1 Å². The highest BCUT2D eigenvalue weighted by Crippen LogP contribution is 2.17. The first kappa shape index (κ1) is 18.3. The molecule has 0 radical (unpaired) electrons. The summed E-state index contributed by atoms with van der Waals surface area (Å²) in [6.07, 6.45) is 1.56. The molecule has 0 fully saturated rings. The molecule has 0 bridgehead atoms. The minimum Gasteiger partial charge on any atom is -0.354 e. The number of halogens is 1. The summed E-state index contributed by atoms with van der Waals surface area (Å²) in [5.41, 5.74) is 3.27. The van der Waals surface area contributed by atoms with Gasteiger partial charge >= 0.3 is 0 Å². The lowest BCUT2D eigenvalue weighted by Crippen LogP contribution is -2.23. The lowest BCUT2D eigenvalue weighted by atomic mass is 10.1. The van der Waals surface area contributed by atoms with Crippen molar-refractivity contribution in [1.82, 2.24) is 10.3 Å². The molecule has 0 spiro atoms. The molecule has 27 heavy (non-hydrogen) atoms. The Hall–Kier alpha value is -3.54. The summed E-state index contributed by atoms with van der Waals surface area (Å²) in [5, 5.41) is 5.90. The number of pyridine rings is 1. The van der Waals surface area contributed by atoms with Crippen molar-refractivity contribution in [2.24, 2.45) is 0 Å². The number of Topliss-reactive ketones (excluding diaryl/α,β-unsaturated/α-hetero) is 1. The molecule has 0 saturated carbocycles. The number of ketones is 1. The Morgan fingerprint density at radius 1 is 0.926 bits per heavy atom. The fourth-order valence-electron chi connectivity index (χ4n) is 2.43. The number of hydrogen-bond donors (Lipinski definition) is 2. The second-order valence-electron chi connectivity index (χ2n) is 6.00. The van der Waals surface area contributed by atoms with E-state index in [1.807, 2.05) is 0 Å². The van der Waals surface area contributed by atoms with Crippen LogP contribution in [0, 0.1) is 5.82 Å². The predicted octanol–water partition coefficient (Wildman–Crippen LogP) is 4.10. The smallest absolute Gasteiger partial charge is 0.270 e. The quantitative estimate of drug-likeness (QED) is 0.647. The minimum absolute atomic E-state index is 0.0132. The number of carbonyl (C=O) groups excluding carboxylic acids is 2. The summed E-state index contributed by atoms with van der Waals surface area (Å²) >= 11 is 0. The minimum atomic E-state index is -0.314. The molecule has 3 rings (SSSR count). The third kappa shape index (κ3) is 4.98. The molecular formula is C21H18FN3O2. The van der Waals surface area contributed by atoms with Crippen LogP contribution in [0.5, 0.6) is 0 Å². The van der Waals surface area contributed by atoms with Gasteiger partial charge in [0.25, 0.3) is 5.91 Å². The second kappa shape index (κ2) is 8.23. The van der Waals surface area contributed by atoms with Gasteiger partial charge in [-0.2, -0.15) is 0 Å². The highest BCUT2D eigenvalue weighted by Gasteiger charge is 2.07. The summed E-state index contributed by atoms with van der Waals surface area (Å²) < 4.78 is 12.9. The average Bonchev–Trinajstić information content (AvgIpc) is 2.68. The molecule has 1 heterocycles. The maximum absolute atomic E-state index is 12.9. The van der Waals surface area contributed by atoms with E-state index in [-0.39, 0.29) is 23.2 Å². The van der Waals surface area contributed by atoms with Gasteiger partial charge in [0.15, 0.2) is 5.78 Å². The van der Waals surface area contributed by atoms with E-state index in [1.165, 1.54) is 19.1 Å². The molecule has 0 aliphatic rings. The van der Waals surface area contributed by atoms with E-state index < -0.39 is 0 Å². The molecule has 5 nitrogen and oxygen atoms in total. The fraction of sp³-hybridized carbons (Fsp3) is 0.0952. The topological polar surface area (TPSA) is 71.1 Å². The van der Waals surface area contributed by atoms with E-state index in [4.69, 9.17) is 0 Å². The van der Waals surface area contributed by atoms with Crippen molar-refractivity contribution in [3.8, 4) is 0 Å². The van der Waals surface area contributed by atoms with Crippen LogP contribution in [0.4, 0.5) is 15.8 Å². The second-order valence-corrected chi connectivity index (χ2v) is 6.00. The SMILES string of the molecule is CC(=O)c1ccc(Nc2ccc(C(=O)NCc3ccc(F)cc3)nc2)cc1. The fourth-order valence-corrected chi connectivity index (χ4v) is 2.43. The highest BCUT2D eigenvalue weighted by atomic mass is 19.1. The van der Waals surface area contributed by atoms with Gasteiger partial charge in [-0.25, -0.2) is 9.37 Å². The Bertz CT molecular complexity index is 937. The first-order valence-corrected chi connectivity index (χ1v) is 8.38. The molecule has 1 amide bonds. The molecule has 0 aliphatic carbocycles.